The van der Waals surface area contributed by atoms with E-state index in [0.29, 0.717) is 16.8 Å². The number of fused-ring (bicyclic) bond motifs is 1. The van der Waals surface area contributed by atoms with Crippen molar-refractivity contribution in [1.82, 2.24) is 0 Å². The van der Waals surface area contributed by atoms with Gasteiger partial charge in [0.1, 0.15) is 11.6 Å². The minimum atomic E-state index is -0.435. The van der Waals surface area contributed by atoms with Crippen molar-refractivity contribution in [2.75, 3.05) is 5.32 Å². The van der Waals surface area contributed by atoms with Crippen LogP contribution in [0.5, 0.6) is 0 Å². The van der Waals surface area contributed by atoms with Crippen LogP contribution in [0.15, 0.2) is 42.5 Å². The van der Waals surface area contributed by atoms with Gasteiger partial charge in [-0.15, -0.1) is 0 Å². The highest BCUT2D eigenvalue weighted by Crippen LogP contribution is 2.33. The van der Waals surface area contributed by atoms with Crippen LogP contribution in [0.3, 0.4) is 0 Å². The molecule has 2 aromatic carbocycles. The summed E-state index contributed by atoms with van der Waals surface area (Å²) < 4.78 is 26.8. The van der Waals surface area contributed by atoms with Crippen LogP contribution < -0.4 is 5.32 Å². The average molecular weight is 257 g/mol. The zero-order valence-electron chi connectivity index (χ0n) is 9.78. The zero-order chi connectivity index (χ0) is 13.4. The van der Waals surface area contributed by atoms with Crippen LogP contribution in [-0.4, -0.2) is 5.91 Å². The quantitative estimate of drug-likeness (QED) is 0.779. The highest BCUT2D eigenvalue weighted by Gasteiger charge is 2.24. The van der Waals surface area contributed by atoms with E-state index in [1.54, 1.807) is 18.2 Å². The largest absolute Gasteiger partial charge is 0.321 e. The van der Waals surface area contributed by atoms with Gasteiger partial charge in [0.2, 0.25) is 0 Å². The number of benzene rings is 2. The van der Waals surface area contributed by atoms with Gasteiger partial charge in [-0.25, -0.2) is 8.78 Å². The van der Waals surface area contributed by atoms with Gasteiger partial charge < -0.3 is 5.32 Å². The molecule has 1 amide bonds. The second-order valence-corrected chi connectivity index (χ2v) is 4.22. The third-order valence-corrected chi connectivity index (χ3v) is 2.97. The summed E-state index contributed by atoms with van der Waals surface area (Å²) in [6.07, 6.45) is 1.43. The molecule has 94 valence electrons. The lowest BCUT2D eigenvalue weighted by atomic mass is 10.0. The molecule has 0 saturated carbocycles. The third kappa shape index (κ3) is 2.01. The maximum atomic E-state index is 13.6. The molecular formula is C15H9F2NO. The first-order chi connectivity index (χ1) is 9.15. The van der Waals surface area contributed by atoms with Gasteiger partial charge in [0.25, 0.3) is 5.91 Å². The van der Waals surface area contributed by atoms with Crippen LogP contribution in [0, 0.1) is 11.6 Å². The SMILES string of the molecule is O=C1Nc2ccc(F)cc2/C1=C\c1ccccc1F. The molecule has 1 heterocycles. The Kier molecular flexibility index (Phi) is 2.63. The van der Waals surface area contributed by atoms with E-state index in [1.165, 1.54) is 30.3 Å². The third-order valence-electron chi connectivity index (χ3n) is 2.97. The number of rotatable bonds is 1. The maximum Gasteiger partial charge on any atom is 0.256 e. The van der Waals surface area contributed by atoms with Crippen molar-refractivity contribution in [3.63, 3.8) is 0 Å². The van der Waals surface area contributed by atoms with Crippen molar-refractivity contribution in [3.05, 3.63) is 65.2 Å². The molecule has 19 heavy (non-hydrogen) atoms. The van der Waals surface area contributed by atoms with Crippen LogP contribution in [0.1, 0.15) is 11.1 Å². The van der Waals surface area contributed by atoms with Crippen LogP contribution in [0.4, 0.5) is 14.5 Å². The Morgan fingerprint density at radius 3 is 2.63 bits per heavy atom. The number of hydrogen-bond acceptors (Lipinski definition) is 1. The number of nitrogens with one attached hydrogen (secondary N) is 1. The highest BCUT2D eigenvalue weighted by atomic mass is 19.1. The number of carbonyl (C=O) groups excluding carboxylic acids is 1. The van der Waals surface area contributed by atoms with E-state index in [-0.39, 0.29) is 11.5 Å². The molecule has 1 aliphatic rings. The number of amides is 1. The van der Waals surface area contributed by atoms with Gasteiger partial charge in [-0.05, 0) is 30.3 Å². The Bertz CT molecular complexity index is 707. The number of anilines is 1. The van der Waals surface area contributed by atoms with E-state index in [4.69, 9.17) is 0 Å². The molecule has 0 unspecified atom stereocenters. The summed E-state index contributed by atoms with van der Waals surface area (Å²) in [7, 11) is 0. The van der Waals surface area contributed by atoms with Gasteiger partial charge in [0, 0.05) is 22.4 Å². The maximum absolute atomic E-state index is 13.6. The second kappa shape index (κ2) is 4.31. The first-order valence-electron chi connectivity index (χ1n) is 5.72. The van der Waals surface area contributed by atoms with Crippen molar-refractivity contribution >= 4 is 23.2 Å². The smallest absolute Gasteiger partial charge is 0.256 e. The molecule has 0 saturated heterocycles. The second-order valence-electron chi connectivity index (χ2n) is 4.22. The fourth-order valence-corrected chi connectivity index (χ4v) is 2.05. The molecule has 0 atom stereocenters. The fraction of sp³-hybridized carbons (Fsp3) is 0. The molecule has 0 radical (unpaired) electrons. The molecule has 1 aliphatic heterocycles. The lowest BCUT2D eigenvalue weighted by Gasteiger charge is -2.00. The first-order valence-corrected chi connectivity index (χ1v) is 5.72. The van der Waals surface area contributed by atoms with Crippen molar-refractivity contribution in [3.8, 4) is 0 Å². The first kappa shape index (κ1) is 11.6. The van der Waals surface area contributed by atoms with E-state index in [2.05, 4.69) is 5.32 Å². The molecule has 1 N–H and O–H groups in total. The summed E-state index contributed by atoms with van der Waals surface area (Å²) in [6, 6.07) is 10.1. The summed E-state index contributed by atoms with van der Waals surface area (Å²) >= 11 is 0. The molecule has 0 aromatic heterocycles. The Labute approximate surface area is 108 Å². The van der Waals surface area contributed by atoms with Crippen LogP contribution in [0.2, 0.25) is 0 Å². The molecule has 0 spiro atoms. The lowest BCUT2D eigenvalue weighted by Crippen LogP contribution is -2.03. The van der Waals surface area contributed by atoms with E-state index in [9.17, 15) is 13.6 Å². The Hall–Kier alpha value is -2.49. The topological polar surface area (TPSA) is 29.1 Å². The summed E-state index contributed by atoms with van der Waals surface area (Å²) in [5.74, 6) is -1.22. The van der Waals surface area contributed by atoms with Gasteiger partial charge in [0.05, 0.1) is 0 Å². The standard InChI is InChI=1S/C15H9F2NO/c16-10-5-6-14-11(8-10)12(15(19)18-14)7-9-3-1-2-4-13(9)17/h1-8H,(H,18,19)/b12-7+. The predicted molar refractivity (Wildman–Crippen MR) is 69.3 cm³/mol. The number of hydrogen-bond donors (Lipinski definition) is 1. The van der Waals surface area contributed by atoms with Crippen LogP contribution in [-0.2, 0) is 4.79 Å². The van der Waals surface area contributed by atoms with Crippen LogP contribution in [0.25, 0.3) is 11.6 Å². The van der Waals surface area contributed by atoms with Gasteiger partial charge in [-0.2, -0.15) is 0 Å². The summed E-state index contributed by atoms with van der Waals surface area (Å²) in [4.78, 5) is 11.8. The Morgan fingerprint density at radius 2 is 1.84 bits per heavy atom. The molecule has 2 aromatic rings. The zero-order valence-corrected chi connectivity index (χ0v) is 9.78. The molecule has 0 fully saturated rings. The van der Waals surface area contributed by atoms with E-state index in [1.807, 2.05) is 0 Å². The molecule has 0 bridgehead atoms. The van der Waals surface area contributed by atoms with E-state index < -0.39 is 11.6 Å². The Morgan fingerprint density at radius 1 is 1.05 bits per heavy atom. The summed E-state index contributed by atoms with van der Waals surface area (Å²) in [6.45, 7) is 0. The van der Waals surface area contributed by atoms with Gasteiger partial charge >= 0.3 is 0 Å². The molecule has 2 nitrogen and oxygen atoms in total. The van der Waals surface area contributed by atoms with Crippen molar-refractivity contribution < 1.29 is 13.6 Å². The predicted octanol–water partition coefficient (Wildman–Crippen LogP) is 3.46. The molecule has 0 aliphatic carbocycles. The van der Waals surface area contributed by atoms with Gasteiger partial charge in [-0.3, -0.25) is 4.79 Å². The normalized spacial score (nSPS) is 15.5. The monoisotopic (exact) mass is 257 g/mol. The van der Waals surface area contributed by atoms with E-state index in [0.717, 1.165) is 0 Å². The highest BCUT2D eigenvalue weighted by molar-refractivity contribution is 6.34. The number of carbonyl (C=O) groups is 1. The van der Waals surface area contributed by atoms with Crippen molar-refractivity contribution in [1.29, 1.82) is 0 Å². The van der Waals surface area contributed by atoms with Crippen LogP contribution >= 0.6 is 0 Å². The Balaban J connectivity index is 2.14. The molecule has 4 heteroatoms. The fourth-order valence-electron chi connectivity index (χ4n) is 2.05. The minimum Gasteiger partial charge on any atom is -0.321 e. The van der Waals surface area contributed by atoms with Crippen molar-refractivity contribution in [2.45, 2.75) is 0 Å². The lowest BCUT2D eigenvalue weighted by molar-refractivity contribution is -0.110. The molecule has 3 rings (SSSR count). The van der Waals surface area contributed by atoms with E-state index >= 15 is 0 Å². The summed E-state index contributed by atoms with van der Waals surface area (Å²) in [5, 5.41) is 2.62. The van der Waals surface area contributed by atoms with Crippen molar-refractivity contribution in [2.24, 2.45) is 0 Å². The average Bonchev–Trinajstić information content (AvgIpc) is 2.69. The minimum absolute atomic E-state index is 0.264. The number of halogens is 2. The summed E-state index contributed by atoms with van der Waals surface area (Å²) in [5.41, 5.74) is 1.55. The van der Waals surface area contributed by atoms with Gasteiger partial charge in [-0.1, -0.05) is 18.2 Å². The van der Waals surface area contributed by atoms with Gasteiger partial charge in [0.15, 0.2) is 0 Å². The molecular weight excluding hydrogens is 248 g/mol.